The maximum absolute atomic E-state index is 13.0. The van der Waals surface area contributed by atoms with Gasteiger partial charge < -0.3 is 10.1 Å². The van der Waals surface area contributed by atoms with Gasteiger partial charge in [0.1, 0.15) is 0 Å². The van der Waals surface area contributed by atoms with Crippen LogP contribution in [0.5, 0.6) is 0 Å². The van der Waals surface area contributed by atoms with Crippen LogP contribution in [-0.2, 0) is 30.7 Å². The molecule has 2 saturated heterocycles. The molecule has 4 rings (SSSR count). The summed E-state index contributed by atoms with van der Waals surface area (Å²) < 4.78 is 32.9. The fraction of sp³-hybridized carbons (Fsp3) is 0.500. The van der Waals surface area contributed by atoms with Gasteiger partial charge in [-0.2, -0.15) is 0 Å². The van der Waals surface area contributed by atoms with Crippen molar-refractivity contribution >= 4 is 15.9 Å². The highest BCUT2D eigenvalue weighted by Gasteiger charge is 2.36. The zero-order valence-corrected chi connectivity index (χ0v) is 20.1. The number of benzene rings is 2. The summed E-state index contributed by atoms with van der Waals surface area (Å²) >= 11 is 0. The van der Waals surface area contributed by atoms with Gasteiger partial charge in [0.2, 0.25) is 15.9 Å². The number of hydrogen-bond donors (Lipinski definition) is 1. The van der Waals surface area contributed by atoms with Crippen LogP contribution in [0.2, 0.25) is 0 Å². The van der Waals surface area contributed by atoms with Crippen molar-refractivity contribution in [1.82, 2.24) is 9.62 Å². The van der Waals surface area contributed by atoms with E-state index in [2.05, 4.69) is 17.4 Å². The van der Waals surface area contributed by atoms with Gasteiger partial charge in [0.15, 0.2) is 0 Å². The first-order valence-corrected chi connectivity index (χ1v) is 13.4. The smallest absolute Gasteiger partial charge is 0.223 e. The quantitative estimate of drug-likeness (QED) is 0.673. The lowest BCUT2D eigenvalue weighted by Gasteiger charge is -2.38. The number of hydrogen-bond acceptors (Lipinski definition) is 4. The second-order valence-electron chi connectivity index (χ2n) is 9.39. The summed E-state index contributed by atoms with van der Waals surface area (Å²) in [6.45, 7) is 4.75. The molecule has 2 aliphatic rings. The van der Waals surface area contributed by atoms with E-state index in [1.807, 2.05) is 49.4 Å². The van der Waals surface area contributed by atoms with Crippen molar-refractivity contribution in [3.8, 4) is 0 Å². The predicted molar refractivity (Wildman–Crippen MR) is 129 cm³/mol. The Kier molecular flexibility index (Phi) is 7.51. The van der Waals surface area contributed by atoms with Gasteiger partial charge in [-0.3, -0.25) is 4.79 Å². The third-order valence-corrected chi connectivity index (χ3v) is 8.97. The second kappa shape index (κ2) is 10.4. The molecule has 0 bridgehead atoms. The molecule has 0 unspecified atom stereocenters. The fourth-order valence-electron chi connectivity index (χ4n) is 4.90. The summed E-state index contributed by atoms with van der Waals surface area (Å²) in [5.74, 6) is -0.109. The number of aryl methyl sites for hydroxylation is 1. The minimum Gasteiger partial charge on any atom is -0.381 e. The van der Waals surface area contributed by atoms with Crippen LogP contribution in [0, 0.1) is 12.8 Å². The molecule has 178 valence electrons. The van der Waals surface area contributed by atoms with E-state index in [4.69, 9.17) is 4.74 Å². The molecule has 33 heavy (non-hydrogen) atoms. The Hall–Kier alpha value is -2.22. The largest absolute Gasteiger partial charge is 0.381 e. The van der Waals surface area contributed by atoms with Gasteiger partial charge in [0.05, 0.1) is 5.75 Å². The van der Waals surface area contributed by atoms with Crippen LogP contribution in [0.25, 0.3) is 0 Å². The molecular weight excluding hydrogens is 436 g/mol. The van der Waals surface area contributed by atoms with Crippen LogP contribution in [-0.4, -0.2) is 51.5 Å². The van der Waals surface area contributed by atoms with E-state index in [-0.39, 0.29) is 23.0 Å². The lowest BCUT2D eigenvalue weighted by atomic mass is 9.74. The van der Waals surface area contributed by atoms with Crippen molar-refractivity contribution in [2.75, 3.05) is 32.8 Å². The highest BCUT2D eigenvalue weighted by atomic mass is 32.2. The zero-order valence-electron chi connectivity index (χ0n) is 19.3. The van der Waals surface area contributed by atoms with Gasteiger partial charge in [-0.1, -0.05) is 60.2 Å². The molecule has 0 aromatic heterocycles. The monoisotopic (exact) mass is 470 g/mol. The summed E-state index contributed by atoms with van der Waals surface area (Å²) in [5.41, 5.74) is 3.04. The summed E-state index contributed by atoms with van der Waals surface area (Å²) in [6, 6.07) is 18.0. The van der Waals surface area contributed by atoms with E-state index in [1.165, 1.54) is 5.56 Å². The van der Waals surface area contributed by atoms with E-state index in [0.29, 0.717) is 45.7 Å². The van der Waals surface area contributed by atoms with Crippen molar-refractivity contribution in [2.45, 2.75) is 43.8 Å². The molecular formula is C26H34N2O4S. The number of nitrogens with one attached hydrogen (secondary N) is 1. The first kappa shape index (κ1) is 23.9. The predicted octanol–water partition coefficient (Wildman–Crippen LogP) is 3.40. The Morgan fingerprint density at radius 3 is 2.30 bits per heavy atom. The summed E-state index contributed by atoms with van der Waals surface area (Å²) in [7, 11) is -3.39. The van der Waals surface area contributed by atoms with Gasteiger partial charge in [-0.05, 0) is 43.7 Å². The van der Waals surface area contributed by atoms with Gasteiger partial charge in [-0.15, -0.1) is 0 Å². The first-order chi connectivity index (χ1) is 15.9. The van der Waals surface area contributed by atoms with Crippen LogP contribution in [0.3, 0.4) is 0 Å². The van der Waals surface area contributed by atoms with Crippen molar-refractivity contribution < 1.29 is 17.9 Å². The number of nitrogens with zero attached hydrogens (tertiary/aromatic N) is 1. The number of rotatable bonds is 7. The summed E-state index contributed by atoms with van der Waals surface area (Å²) in [4.78, 5) is 13.0. The maximum Gasteiger partial charge on any atom is 0.223 e. The highest BCUT2D eigenvalue weighted by molar-refractivity contribution is 7.88. The molecule has 2 heterocycles. The molecule has 0 atom stereocenters. The van der Waals surface area contributed by atoms with Gasteiger partial charge in [0, 0.05) is 44.2 Å². The van der Waals surface area contributed by atoms with Crippen molar-refractivity contribution in [3.63, 3.8) is 0 Å². The third-order valence-electron chi connectivity index (χ3n) is 7.12. The van der Waals surface area contributed by atoms with Gasteiger partial charge >= 0.3 is 0 Å². The Labute approximate surface area is 197 Å². The standard InChI is InChI=1S/C26H34N2O4S/c1-21-7-9-22(10-8-21)19-33(30,31)28-15-11-23(12-16-28)25(29)27-20-26(13-17-32-18-14-26)24-5-3-2-4-6-24/h2-10,23H,11-20H2,1H3,(H,27,29). The van der Waals surface area contributed by atoms with Crippen molar-refractivity contribution in [3.05, 3.63) is 71.3 Å². The highest BCUT2D eigenvalue weighted by Crippen LogP contribution is 2.34. The second-order valence-corrected chi connectivity index (χ2v) is 11.4. The Balaban J connectivity index is 1.32. The lowest BCUT2D eigenvalue weighted by Crippen LogP contribution is -2.48. The van der Waals surface area contributed by atoms with E-state index in [9.17, 15) is 13.2 Å². The Morgan fingerprint density at radius 2 is 1.67 bits per heavy atom. The molecule has 1 N–H and O–H groups in total. The molecule has 6 nitrogen and oxygen atoms in total. The molecule has 2 fully saturated rings. The van der Waals surface area contributed by atoms with Crippen molar-refractivity contribution in [1.29, 1.82) is 0 Å². The number of carbonyl (C=O) groups is 1. The molecule has 2 aromatic rings. The normalized spacial score (nSPS) is 19.8. The minimum absolute atomic E-state index is 0.00576. The van der Waals surface area contributed by atoms with Crippen LogP contribution < -0.4 is 5.32 Å². The molecule has 2 aliphatic heterocycles. The maximum atomic E-state index is 13.0. The Morgan fingerprint density at radius 1 is 1.03 bits per heavy atom. The molecule has 0 aliphatic carbocycles. The van der Waals surface area contributed by atoms with E-state index in [0.717, 1.165) is 24.0 Å². The SMILES string of the molecule is Cc1ccc(CS(=O)(=O)N2CCC(C(=O)NCC3(c4ccccc4)CCOCC3)CC2)cc1. The van der Waals surface area contributed by atoms with Gasteiger partial charge in [-0.25, -0.2) is 12.7 Å². The minimum atomic E-state index is -3.39. The van der Waals surface area contributed by atoms with Gasteiger partial charge in [0.25, 0.3) is 0 Å². The number of amides is 1. The van der Waals surface area contributed by atoms with Crippen LogP contribution >= 0.6 is 0 Å². The molecule has 0 saturated carbocycles. The van der Waals surface area contributed by atoms with Crippen LogP contribution in [0.15, 0.2) is 54.6 Å². The number of ether oxygens (including phenoxy) is 1. The van der Waals surface area contributed by atoms with E-state index < -0.39 is 10.0 Å². The van der Waals surface area contributed by atoms with E-state index in [1.54, 1.807) is 4.31 Å². The molecule has 1 amide bonds. The number of sulfonamides is 1. The summed E-state index contributed by atoms with van der Waals surface area (Å²) in [6.07, 6.45) is 2.88. The zero-order chi connectivity index (χ0) is 23.3. The molecule has 7 heteroatoms. The topological polar surface area (TPSA) is 75.7 Å². The average molecular weight is 471 g/mol. The summed E-state index contributed by atoms with van der Waals surface area (Å²) in [5, 5.41) is 3.20. The third kappa shape index (κ3) is 5.83. The average Bonchev–Trinajstić information content (AvgIpc) is 2.85. The van der Waals surface area contributed by atoms with Crippen LogP contribution in [0.4, 0.5) is 0 Å². The molecule has 0 spiro atoms. The van der Waals surface area contributed by atoms with E-state index >= 15 is 0 Å². The van der Waals surface area contributed by atoms with Crippen molar-refractivity contribution in [2.24, 2.45) is 5.92 Å². The first-order valence-electron chi connectivity index (χ1n) is 11.8. The number of piperidine rings is 1. The molecule has 0 radical (unpaired) electrons. The number of carbonyl (C=O) groups excluding carboxylic acids is 1. The van der Waals surface area contributed by atoms with Crippen LogP contribution in [0.1, 0.15) is 42.4 Å². The Bertz CT molecular complexity index is 1020. The molecule has 2 aromatic carbocycles. The lowest BCUT2D eigenvalue weighted by molar-refractivity contribution is -0.126. The fourth-order valence-corrected chi connectivity index (χ4v) is 6.47.